The molecule has 0 N–H and O–H groups in total. The van der Waals surface area contributed by atoms with E-state index in [0.29, 0.717) is 0 Å². The summed E-state index contributed by atoms with van der Waals surface area (Å²) in [5.41, 5.74) is 17.9. The Morgan fingerprint density at radius 2 is 0.556 bits per heavy atom. The van der Waals surface area contributed by atoms with Gasteiger partial charge in [0.2, 0.25) is 0 Å². The van der Waals surface area contributed by atoms with Crippen LogP contribution in [0, 0.1) is 0 Å². The fraction of sp³-hybridized carbons (Fsp3) is 0. The zero-order valence-electron chi connectivity index (χ0n) is 34.8. The summed E-state index contributed by atoms with van der Waals surface area (Å²) in [6.07, 6.45) is 0. The standard InChI is InChI=1S/C62H43N/c1-6-19-45(20-7-1)54-31-18-32-55(60(54)47-21-8-2-9-22-47)46-35-40-53(41-36-46)63(51-27-14-5-15-28-51)52-38-33-44(34-39-52)50-37-42-57-56-29-16-17-30-58(56)61(48-23-10-3-11-24-48)62(59(57)43-50)49-25-12-4-13-26-49/h1-43H. The van der Waals surface area contributed by atoms with Gasteiger partial charge in [-0.1, -0.05) is 218 Å². The van der Waals surface area contributed by atoms with Gasteiger partial charge in [0, 0.05) is 17.1 Å². The number of hydrogen-bond donors (Lipinski definition) is 0. The van der Waals surface area contributed by atoms with Gasteiger partial charge in [0.1, 0.15) is 0 Å². The van der Waals surface area contributed by atoms with Crippen LogP contribution in [0.5, 0.6) is 0 Å². The van der Waals surface area contributed by atoms with E-state index in [1.165, 1.54) is 88.3 Å². The number of anilines is 3. The van der Waals surface area contributed by atoms with E-state index in [2.05, 4.69) is 266 Å². The molecule has 11 aromatic carbocycles. The van der Waals surface area contributed by atoms with Gasteiger partial charge in [-0.05, 0) is 131 Å². The van der Waals surface area contributed by atoms with Gasteiger partial charge in [-0.2, -0.15) is 0 Å². The Kier molecular flexibility index (Phi) is 9.97. The summed E-state index contributed by atoms with van der Waals surface area (Å²) in [5.74, 6) is 0. The Morgan fingerprint density at radius 3 is 1.10 bits per heavy atom. The first-order chi connectivity index (χ1) is 31.3. The molecule has 0 aliphatic carbocycles. The van der Waals surface area contributed by atoms with E-state index in [1.807, 2.05) is 0 Å². The molecule has 296 valence electrons. The zero-order chi connectivity index (χ0) is 42.0. The molecule has 11 rings (SSSR count). The molecule has 0 unspecified atom stereocenters. The van der Waals surface area contributed by atoms with Gasteiger partial charge in [-0.25, -0.2) is 0 Å². The topological polar surface area (TPSA) is 3.24 Å². The van der Waals surface area contributed by atoms with Crippen molar-refractivity contribution < 1.29 is 0 Å². The van der Waals surface area contributed by atoms with E-state index < -0.39 is 0 Å². The summed E-state index contributed by atoms with van der Waals surface area (Å²) < 4.78 is 0. The molecule has 63 heavy (non-hydrogen) atoms. The van der Waals surface area contributed by atoms with Crippen molar-refractivity contribution in [1.29, 1.82) is 0 Å². The predicted octanol–water partition coefficient (Wildman–Crippen LogP) is 17.5. The number of fused-ring (bicyclic) bond motifs is 3. The van der Waals surface area contributed by atoms with Gasteiger partial charge in [0.15, 0.2) is 0 Å². The molecule has 0 aliphatic rings. The van der Waals surface area contributed by atoms with E-state index in [-0.39, 0.29) is 0 Å². The number of nitrogens with zero attached hydrogens (tertiary/aromatic N) is 1. The highest BCUT2D eigenvalue weighted by molar-refractivity contribution is 6.22. The average Bonchev–Trinajstić information content (AvgIpc) is 3.37. The molecule has 11 aromatic rings. The van der Waals surface area contributed by atoms with E-state index in [4.69, 9.17) is 0 Å². The van der Waals surface area contributed by atoms with Crippen LogP contribution in [0.15, 0.2) is 261 Å². The molecular weight excluding hydrogens is 759 g/mol. The Bertz CT molecular complexity index is 3320. The Morgan fingerprint density at radius 1 is 0.190 bits per heavy atom. The highest BCUT2D eigenvalue weighted by atomic mass is 15.1. The van der Waals surface area contributed by atoms with Crippen LogP contribution < -0.4 is 4.90 Å². The summed E-state index contributed by atoms with van der Waals surface area (Å²) in [6.45, 7) is 0. The molecule has 0 radical (unpaired) electrons. The van der Waals surface area contributed by atoms with Crippen LogP contribution in [0.25, 0.3) is 88.3 Å². The van der Waals surface area contributed by atoms with Gasteiger partial charge < -0.3 is 4.90 Å². The SMILES string of the molecule is c1ccc(-c2cccc(-c3ccc(N(c4ccccc4)c4ccc(-c5ccc6c(c5)c(-c5ccccc5)c(-c5ccccc5)c5ccccc56)cc4)cc3)c2-c2ccccc2)cc1. The average molecular weight is 802 g/mol. The molecule has 0 aromatic heterocycles. The van der Waals surface area contributed by atoms with E-state index in [1.54, 1.807) is 0 Å². The minimum atomic E-state index is 1.09. The van der Waals surface area contributed by atoms with Crippen molar-refractivity contribution in [2.75, 3.05) is 4.90 Å². The molecule has 0 aliphatic heterocycles. The molecule has 0 saturated carbocycles. The molecule has 0 fully saturated rings. The largest absolute Gasteiger partial charge is 0.311 e. The van der Waals surface area contributed by atoms with Crippen LogP contribution in [0.3, 0.4) is 0 Å². The predicted molar refractivity (Wildman–Crippen MR) is 269 cm³/mol. The number of hydrogen-bond acceptors (Lipinski definition) is 1. The quantitative estimate of drug-likeness (QED) is 0.131. The minimum Gasteiger partial charge on any atom is -0.311 e. The van der Waals surface area contributed by atoms with Crippen molar-refractivity contribution in [3.8, 4) is 66.8 Å². The third kappa shape index (κ3) is 7.16. The smallest absolute Gasteiger partial charge is 0.0462 e. The van der Waals surface area contributed by atoms with Crippen molar-refractivity contribution in [3.63, 3.8) is 0 Å². The van der Waals surface area contributed by atoms with Crippen LogP contribution in [0.4, 0.5) is 17.1 Å². The lowest BCUT2D eigenvalue weighted by Gasteiger charge is -2.26. The summed E-state index contributed by atoms with van der Waals surface area (Å²) in [4.78, 5) is 2.35. The van der Waals surface area contributed by atoms with E-state index in [0.717, 1.165) is 17.1 Å². The van der Waals surface area contributed by atoms with Crippen LogP contribution in [-0.2, 0) is 0 Å². The first-order valence-corrected chi connectivity index (χ1v) is 21.7. The van der Waals surface area contributed by atoms with Gasteiger partial charge in [-0.15, -0.1) is 0 Å². The summed E-state index contributed by atoms with van der Waals surface area (Å²) in [5, 5.41) is 5.03. The monoisotopic (exact) mass is 801 g/mol. The Balaban J connectivity index is 1.00. The fourth-order valence-electron chi connectivity index (χ4n) is 9.36. The second kappa shape index (κ2) is 16.7. The van der Waals surface area contributed by atoms with Crippen LogP contribution in [0.2, 0.25) is 0 Å². The first-order valence-electron chi connectivity index (χ1n) is 21.7. The number of benzene rings is 11. The molecule has 0 saturated heterocycles. The van der Waals surface area contributed by atoms with Crippen LogP contribution in [0.1, 0.15) is 0 Å². The minimum absolute atomic E-state index is 1.09. The zero-order valence-corrected chi connectivity index (χ0v) is 34.8. The Labute approximate surface area is 369 Å². The first kappa shape index (κ1) is 37.7. The number of rotatable bonds is 9. The summed E-state index contributed by atoms with van der Waals surface area (Å²) in [7, 11) is 0. The van der Waals surface area contributed by atoms with Crippen molar-refractivity contribution in [2.45, 2.75) is 0 Å². The van der Waals surface area contributed by atoms with Crippen molar-refractivity contribution in [1.82, 2.24) is 0 Å². The summed E-state index contributed by atoms with van der Waals surface area (Å²) >= 11 is 0. The Hall–Kier alpha value is -8.26. The molecule has 0 atom stereocenters. The van der Waals surface area contributed by atoms with Gasteiger partial charge in [0.25, 0.3) is 0 Å². The van der Waals surface area contributed by atoms with Crippen LogP contribution in [-0.4, -0.2) is 0 Å². The van der Waals surface area contributed by atoms with Gasteiger partial charge in [-0.3, -0.25) is 0 Å². The fourth-order valence-corrected chi connectivity index (χ4v) is 9.36. The maximum absolute atomic E-state index is 2.40. The number of para-hydroxylation sites is 1. The second-order valence-corrected chi connectivity index (χ2v) is 16.0. The summed E-state index contributed by atoms with van der Waals surface area (Å²) in [6, 6.07) is 94.4. The lowest BCUT2D eigenvalue weighted by molar-refractivity contribution is 1.28. The highest BCUT2D eigenvalue weighted by Crippen LogP contribution is 2.46. The molecule has 0 bridgehead atoms. The van der Waals surface area contributed by atoms with Crippen LogP contribution >= 0.6 is 0 Å². The third-order valence-corrected chi connectivity index (χ3v) is 12.3. The van der Waals surface area contributed by atoms with E-state index in [9.17, 15) is 0 Å². The van der Waals surface area contributed by atoms with Crippen molar-refractivity contribution in [2.24, 2.45) is 0 Å². The van der Waals surface area contributed by atoms with Gasteiger partial charge in [0.05, 0.1) is 0 Å². The lowest BCUT2D eigenvalue weighted by Crippen LogP contribution is -2.09. The second-order valence-electron chi connectivity index (χ2n) is 16.0. The highest BCUT2D eigenvalue weighted by Gasteiger charge is 2.20. The lowest BCUT2D eigenvalue weighted by atomic mass is 9.84. The van der Waals surface area contributed by atoms with Crippen molar-refractivity contribution in [3.05, 3.63) is 261 Å². The molecule has 0 spiro atoms. The molecule has 0 amide bonds. The van der Waals surface area contributed by atoms with E-state index >= 15 is 0 Å². The van der Waals surface area contributed by atoms with Gasteiger partial charge >= 0.3 is 0 Å². The molecule has 1 heteroatoms. The molecule has 0 heterocycles. The molecule has 1 nitrogen and oxygen atoms in total. The third-order valence-electron chi connectivity index (χ3n) is 12.3. The molecular formula is C62H43N. The van der Waals surface area contributed by atoms with Crippen molar-refractivity contribution >= 4 is 38.6 Å². The maximum atomic E-state index is 2.40. The maximum Gasteiger partial charge on any atom is 0.0462 e. The normalized spacial score (nSPS) is 11.2.